The third-order valence-corrected chi connectivity index (χ3v) is 2.40. The molecule has 0 aliphatic rings. The number of likely N-dealkylation sites (N-methyl/N-ethyl adjacent to an activating group) is 1. The molecule has 17 heavy (non-hydrogen) atoms. The number of hydrogen-bond acceptors (Lipinski definition) is 5. The second-order valence-corrected chi connectivity index (χ2v) is 4.39. The van der Waals surface area contributed by atoms with Gasteiger partial charge in [-0.1, -0.05) is 0 Å². The maximum atomic E-state index is 11.6. The number of H-pyrrole nitrogens is 1. The molecule has 96 valence electrons. The summed E-state index contributed by atoms with van der Waals surface area (Å²) in [7, 11) is 5.38. The lowest BCUT2D eigenvalue weighted by molar-refractivity contribution is 0.392. The van der Waals surface area contributed by atoms with Gasteiger partial charge >= 0.3 is 5.69 Å². The molecule has 0 radical (unpaired) electrons. The van der Waals surface area contributed by atoms with Crippen LogP contribution in [-0.2, 0) is 7.05 Å². The number of nitrogens with zero attached hydrogens (tertiary/aromatic N) is 2. The average molecular weight is 241 g/mol. The summed E-state index contributed by atoms with van der Waals surface area (Å²) in [6.07, 6.45) is 0. The standard InChI is InChI=1S/C10H19N5O2/c1-6(5-14(2)3)12-7-8(11)15(4)10(17)13-9(7)16/h6,12H,5,11H2,1-4H3,(H,13,16,17). The Morgan fingerprint density at radius 2 is 2.06 bits per heavy atom. The van der Waals surface area contributed by atoms with Gasteiger partial charge in [-0.25, -0.2) is 4.79 Å². The lowest BCUT2D eigenvalue weighted by Gasteiger charge is -2.20. The van der Waals surface area contributed by atoms with Gasteiger partial charge in [0.25, 0.3) is 5.56 Å². The Bertz CT molecular complexity index is 502. The molecule has 0 bridgehead atoms. The Morgan fingerprint density at radius 1 is 1.47 bits per heavy atom. The van der Waals surface area contributed by atoms with Gasteiger partial charge < -0.3 is 16.0 Å². The van der Waals surface area contributed by atoms with Crippen LogP contribution in [-0.4, -0.2) is 41.1 Å². The monoisotopic (exact) mass is 241 g/mol. The fourth-order valence-electron chi connectivity index (χ4n) is 1.62. The summed E-state index contributed by atoms with van der Waals surface area (Å²) < 4.78 is 1.20. The van der Waals surface area contributed by atoms with Gasteiger partial charge in [0.05, 0.1) is 0 Å². The first-order chi connectivity index (χ1) is 7.82. The molecule has 0 aromatic carbocycles. The molecule has 0 amide bonds. The molecule has 1 atom stereocenters. The lowest BCUT2D eigenvalue weighted by Crippen LogP contribution is -2.36. The summed E-state index contributed by atoms with van der Waals surface area (Å²) in [6, 6.07) is 0.0471. The Balaban J connectivity index is 3.04. The molecule has 0 fully saturated rings. The zero-order valence-corrected chi connectivity index (χ0v) is 10.6. The van der Waals surface area contributed by atoms with Crippen molar-refractivity contribution in [2.45, 2.75) is 13.0 Å². The second kappa shape index (κ2) is 5.05. The fourth-order valence-corrected chi connectivity index (χ4v) is 1.62. The zero-order valence-electron chi connectivity index (χ0n) is 10.6. The highest BCUT2D eigenvalue weighted by atomic mass is 16.2. The Kier molecular flexibility index (Phi) is 3.95. The molecule has 1 aromatic rings. The van der Waals surface area contributed by atoms with Crippen LogP contribution in [0.25, 0.3) is 0 Å². The van der Waals surface area contributed by atoms with Crippen LogP contribution in [0.3, 0.4) is 0 Å². The molecule has 1 rings (SSSR count). The second-order valence-electron chi connectivity index (χ2n) is 4.39. The average Bonchev–Trinajstić information content (AvgIpc) is 2.20. The predicted molar refractivity (Wildman–Crippen MR) is 68.4 cm³/mol. The highest BCUT2D eigenvalue weighted by Gasteiger charge is 2.12. The van der Waals surface area contributed by atoms with Gasteiger partial charge in [0.2, 0.25) is 0 Å². The normalized spacial score (nSPS) is 12.8. The third kappa shape index (κ3) is 3.10. The van der Waals surface area contributed by atoms with E-state index in [-0.39, 0.29) is 17.5 Å². The molecule has 7 heteroatoms. The van der Waals surface area contributed by atoms with Gasteiger partial charge in [-0.05, 0) is 21.0 Å². The smallest absolute Gasteiger partial charge is 0.329 e. The van der Waals surface area contributed by atoms with Crippen molar-refractivity contribution in [3.05, 3.63) is 20.8 Å². The lowest BCUT2D eigenvalue weighted by atomic mass is 10.3. The van der Waals surface area contributed by atoms with E-state index in [1.165, 1.54) is 11.6 Å². The molecule has 1 heterocycles. The molecule has 0 saturated heterocycles. The van der Waals surface area contributed by atoms with Crippen LogP contribution in [0.4, 0.5) is 11.5 Å². The minimum Gasteiger partial charge on any atom is -0.383 e. The topological polar surface area (TPSA) is 96.2 Å². The number of nitrogens with one attached hydrogen (secondary N) is 2. The number of hydrogen-bond donors (Lipinski definition) is 3. The molecule has 1 aromatic heterocycles. The quantitative estimate of drug-likeness (QED) is 0.629. The fraction of sp³-hybridized carbons (Fsp3) is 0.600. The van der Waals surface area contributed by atoms with Crippen molar-refractivity contribution in [2.24, 2.45) is 7.05 Å². The first-order valence-electron chi connectivity index (χ1n) is 5.33. The maximum absolute atomic E-state index is 11.6. The molecule has 0 aliphatic carbocycles. The first-order valence-corrected chi connectivity index (χ1v) is 5.33. The summed E-state index contributed by atoms with van der Waals surface area (Å²) in [5, 5.41) is 3.01. The van der Waals surface area contributed by atoms with Crippen LogP contribution in [0.15, 0.2) is 9.59 Å². The maximum Gasteiger partial charge on any atom is 0.329 e. The van der Waals surface area contributed by atoms with Crippen LogP contribution in [0.2, 0.25) is 0 Å². The van der Waals surface area contributed by atoms with Crippen molar-refractivity contribution in [2.75, 3.05) is 31.7 Å². The molecular weight excluding hydrogens is 222 g/mol. The van der Waals surface area contributed by atoms with E-state index < -0.39 is 11.2 Å². The van der Waals surface area contributed by atoms with Gasteiger partial charge in [0.15, 0.2) is 0 Å². The van der Waals surface area contributed by atoms with Crippen molar-refractivity contribution < 1.29 is 0 Å². The minimum absolute atomic E-state index is 0.0471. The van der Waals surface area contributed by atoms with Gasteiger partial charge in [-0.2, -0.15) is 0 Å². The third-order valence-electron chi connectivity index (χ3n) is 2.40. The minimum atomic E-state index is -0.515. The number of anilines is 2. The van der Waals surface area contributed by atoms with Crippen LogP contribution in [0.5, 0.6) is 0 Å². The number of nitrogens with two attached hydrogens (primary N) is 1. The Labute approximate surface area is 99.2 Å². The van der Waals surface area contributed by atoms with Crippen LogP contribution < -0.4 is 22.3 Å². The molecule has 7 nitrogen and oxygen atoms in total. The molecule has 0 aliphatic heterocycles. The van der Waals surface area contributed by atoms with Crippen molar-refractivity contribution in [3.63, 3.8) is 0 Å². The van der Waals surface area contributed by atoms with Crippen LogP contribution >= 0.6 is 0 Å². The number of rotatable bonds is 4. The van der Waals surface area contributed by atoms with Crippen molar-refractivity contribution in [1.29, 1.82) is 0 Å². The van der Waals surface area contributed by atoms with E-state index in [4.69, 9.17) is 5.73 Å². The number of aromatic amines is 1. The Morgan fingerprint density at radius 3 is 2.59 bits per heavy atom. The number of nitrogen functional groups attached to an aromatic ring is 1. The van der Waals surface area contributed by atoms with E-state index >= 15 is 0 Å². The largest absolute Gasteiger partial charge is 0.383 e. The van der Waals surface area contributed by atoms with Crippen molar-refractivity contribution >= 4 is 11.5 Å². The van der Waals surface area contributed by atoms with Gasteiger partial charge in [0.1, 0.15) is 11.5 Å². The summed E-state index contributed by atoms with van der Waals surface area (Å²) in [5.41, 5.74) is 4.96. The Hall–Kier alpha value is -1.76. The molecule has 0 spiro atoms. The summed E-state index contributed by atoms with van der Waals surface area (Å²) in [4.78, 5) is 27.1. The van der Waals surface area contributed by atoms with E-state index in [0.717, 1.165) is 6.54 Å². The van der Waals surface area contributed by atoms with Gasteiger partial charge in [-0.15, -0.1) is 0 Å². The highest BCUT2D eigenvalue weighted by Crippen LogP contribution is 2.09. The van der Waals surface area contributed by atoms with Gasteiger partial charge in [0, 0.05) is 19.6 Å². The van der Waals surface area contributed by atoms with E-state index in [1.54, 1.807) is 0 Å². The molecule has 4 N–H and O–H groups in total. The van der Waals surface area contributed by atoms with E-state index in [0.29, 0.717) is 0 Å². The van der Waals surface area contributed by atoms with E-state index in [1.807, 2.05) is 25.9 Å². The SMILES string of the molecule is CC(CN(C)C)Nc1c(N)n(C)c(=O)[nH]c1=O. The number of aromatic nitrogens is 2. The van der Waals surface area contributed by atoms with Gasteiger partial charge in [-0.3, -0.25) is 14.3 Å². The molecular formula is C10H19N5O2. The summed E-state index contributed by atoms with van der Waals surface area (Å²) >= 11 is 0. The zero-order chi connectivity index (χ0) is 13.2. The van der Waals surface area contributed by atoms with E-state index in [2.05, 4.69) is 10.3 Å². The van der Waals surface area contributed by atoms with E-state index in [9.17, 15) is 9.59 Å². The molecule has 1 unspecified atom stereocenters. The highest BCUT2D eigenvalue weighted by molar-refractivity contribution is 5.60. The van der Waals surface area contributed by atoms with Crippen molar-refractivity contribution in [3.8, 4) is 0 Å². The van der Waals surface area contributed by atoms with Crippen LogP contribution in [0.1, 0.15) is 6.92 Å². The summed E-state index contributed by atoms with van der Waals surface area (Å²) in [5.74, 6) is 0.143. The van der Waals surface area contributed by atoms with Crippen molar-refractivity contribution in [1.82, 2.24) is 14.5 Å². The molecule has 0 saturated carbocycles. The predicted octanol–water partition coefficient (Wildman–Crippen LogP) is -0.982. The summed E-state index contributed by atoms with van der Waals surface area (Å²) in [6.45, 7) is 2.69. The first kappa shape index (κ1) is 13.3. The van der Waals surface area contributed by atoms with Crippen LogP contribution in [0, 0.1) is 0 Å².